The molecule has 1 amide bonds. The predicted octanol–water partition coefficient (Wildman–Crippen LogP) is 2.06. The molecule has 17 heavy (non-hydrogen) atoms. The monoisotopic (exact) mass is 257 g/mol. The van der Waals surface area contributed by atoms with E-state index in [1.165, 1.54) is 12.1 Å². The molecular weight excluding hydrogens is 249 g/mol. The topological polar surface area (TPSA) is 57.6 Å². The molecule has 1 fully saturated rings. The van der Waals surface area contributed by atoms with Gasteiger partial charge in [0, 0.05) is 11.4 Å². The summed E-state index contributed by atoms with van der Waals surface area (Å²) in [7, 11) is 0. The molecule has 0 saturated carbocycles. The molecule has 1 heterocycles. The summed E-state index contributed by atoms with van der Waals surface area (Å²) in [5.74, 6) is -2.20. The normalized spacial score (nSPS) is 19.8. The van der Waals surface area contributed by atoms with E-state index in [0.29, 0.717) is 0 Å². The zero-order valence-electron chi connectivity index (χ0n) is 8.69. The fourth-order valence-corrected chi connectivity index (χ4v) is 2.06. The van der Waals surface area contributed by atoms with Gasteiger partial charge in [0.25, 0.3) is 0 Å². The fraction of sp³-hybridized carbons (Fsp3) is 0.273. The lowest BCUT2D eigenvalue weighted by Crippen LogP contribution is -2.39. The van der Waals surface area contributed by atoms with Crippen LogP contribution >= 0.6 is 11.6 Å². The number of amides is 1. The van der Waals surface area contributed by atoms with Crippen LogP contribution in [-0.2, 0) is 9.59 Å². The summed E-state index contributed by atoms with van der Waals surface area (Å²) < 4.78 is 13.6. The molecule has 1 atom stereocenters. The average molecular weight is 258 g/mol. The van der Waals surface area contributed by atoms with Crippen LogP contribution in [0.2, 0.25) is 5.02 Å². The molecule has 6 heteroatoms. The second-order valence-corrected chi connectivity index (χ2v) is 4.19. The number of benzene rings is 1. The molecule has 1 saturated heterocycles. The van der Waals surface area contributed by atoms with Crippen LogP contribution in [0.15, 0.2) is 18.2 Å². The van der Waals surface area contributed by atoms with E-state index in [0.717, 1.165) is 11.0 Å². The molecule has 90 valence electrons. The first kappa shape index (κ1) is 11.9. The standard InChI is InChI=1S/C11H9ClFNO3/c12-6-1-2-7(13)9(5-6)14-8(11(16)17)3-4-10(14)15/h1-2,5,8H,3-4H2,(H,16,17). The molecule has 0 spiro atoms. The lowest BCUT2D eigenvalue weighted by atomic mass is 10.2. The van der Waals surface area contributed by atoms with E-state index >= 15 is 0 Å². The maximum Gasteiger partial charge on any atom is 0.326 e. The van der Waals surface area contributed by atoms with E-state index in [2.05, 4.69) is 0 Å². The molecule has 1 aromatic rings. The third kappa shape index (κ3) is 2.10. The number of carboxylic acid groups (broad SMARTS) is 1. The highest BCUT2D eigenvalue weighted by molar-refractivity contribution is 6.31. The molecule has 1 N–H and O–H groups in total. The maximum atomic E-state index is 13.6. The fourth-order valence-electron chi connectivity index (χ4n) is 1.89. The summed E-state index contributed by atoms with van der Waals surface area (Å²) in [5, 5.41) is 9.23. The Morgan fingerprint density at radius 1 is 1.53 bits per heavy atom. The predicted molar refractivity (Wildman–Crippen MR) is 59.6 cm³/mol. The van der Waals surface area contributed by atoms with Crippen molar-refractivity contribution in [2.24, 2.45) is 0 Å². The number of hydrogen-bond donors (Lipinski definition) is 1. The lowest BCUT2D eigenvalue weighted by Gasteiger charge is -2.22. The van der Waals surface area contributed by atoms with Crippen molar-refractivity contribution in [3.63, 3.8) is 0 Å². The van der Waals surface area contributed by atoms with Crippen molar-refractivity contribution < 1.29 is 19.1 Å². The zero-order chi connectivity index (χ0) is 12.6. The van der Waals surface area contributed by atoms with Crippen LogP contribution in [-0.4, -0.2) is 23.0 Å². The number of hydrogen-bond acceptors (Lipinski definition) is 2. The summed E-state index contributed by atoms with van der Waals surface area (Å²) in [6.45, 7) is 0. The van der Waals surface area contributed by atoms with Crippen LogP contribution in [0.4, 0.5) is 10.1 Å². The third-order valence-electron chi connectivity index (χ3n) is 2.66. The van der Waals surface area contributed by atoms with Gasteiger partial charge in [0.05, 0.1) is 5.69 Å². The van der Waals surface area contributed by atoms with Crippen molar-refractivity contribution in [1.29, 1.82) is 0 Å². The quantitative estimate of drug-likeness (QED) is 0.882. The molecule has 1 unspecified atom stereocenters. The van der Waals surface area contributed by atoms with Crippen molar-refractivity contribution in [3.8, 4) is 0 Å². The summed E-state index contributed by atoms with van der Waals surface area (Å²) >= 11 is 5.72. The van der Waals surface area contributed by atoms with E-state index in [1.54, 1.807) is 0 Å². The molecule has 4 nitrogen and oxygen atoms in total. The Bertz CT molecular complexity index is 492. The van der Waals surface area contributed by atoms with Gasteiger partial charge in [-0.05, 0) is 24.6 Å². The SMILES string of the molecule is O=C(O)C1CCC(=O)N1c1cc(Cl)ccc1F. The molecule has 1 aromatic carbocycles. The second kappa shape index (κ2) is 4.33. The van der Waals surface area contributed by atoms with Crippen LogP contribution in [0.1, 0.15) is 12.8 Å². The minimum Gasteiger partial charge on any atom is -0.480 e. The summed E-state index contributed by atoms with van der Waals surface area (Å²) in [5.41, 5.74) is -0.0765. The van der Waals surface area contributed by atoms with Gasteiger partial charge in [-0.1, -0.05) is 11.6 Å². The summed E-state index contributed by atoms with van der Waals surface area (Å²) in [4.78, 5) is 23.5. The molecule has 1 aliphatic heterocycles. The first-order valence-corrected chi connectivity index (χ1v) is 5.38. The van der Waals surface area contributed by atoms with E-state index in [-0.39, 0.29) is 23.6 Å². The van der Waals surface area contributed by atoms with Crippen LogP contribution < -0.4 is 4.90 Å². The van der Waals surface area contributed by atoms with Gasteiger partial charge in [-0.15, -0.1) is 0 Å². The second-order valence-electron chi connectivity index (χ2n) is 3.75. The van der Waals surface area contributed by atoms with Crippen molar-refractivity contribution in [2.75, 3.05) is 4.90 Å². The van der Waals surface area contributed by atoms with Crippen LogP contribution in [0, 0.1) is 5.82 Å². The van der Waals surface area contributed by atoms with E-state index in [1.807, 2.05) is 0 Å². The first-order chi connectivity index (χ1) is 8.00. The molecule has 2 rings (SSSR count). The number of rotatable bonds is 2. The Morgan fingerprint density at radius 2 is 2.24 bits per heavy atom. The molecule has 0 aromatic heterocycles. The van der Waals surface area contributed by atoms with Gasteiger partial charge in [-0.3, -0.25) is 9.69 Å². The van der Waals surface area contributed by atoms with Gasteiger partial charge < -0.3 is 5.11 Å². The molecule has 0 bridgehead atoms. The Morgan fingerprint density at radius 3 is 2.88 bits per heavy atom. The largest absolute Gasteiger partial charge is 0.480 e. The van der Waals surface area contributed by atoms with Gasteiger partial charge in [-0.25, -0.2) is 9.18 Å². The van der Waals surface area contributed by atoms with Crippen LogP contribution in [0.5, 0.6) is 0 Å². The summed E-state index contributed by atoms with van der Waals surface area (Å²) in [6.07, 6.45) is 0.281. The number of carbonyl (C=O) groups excluding carboxylic acids is 1. The average Bonchev–Trinajstić information content (AvgIpc) is 2.64. The first-order valence-electron chi connectivity index (χ1n) is 5.00. The smallest absolute Gasteiger partial charge is 0.326 e. The molecular formula is C11H9ClFNO3. The minimum absolute atomic E-state index is 0.0765. The number of aliphatic carboxylic acids is 1. The minimum atomic E-state index is -1.14. The lowest BCUT2D eigenvalue weighted by molar-refractivity contribution is -0.138. The zero-order valence-corrected chi connectivity index (χ0v) is 9.45. The molecule has 0 aliphatic carbocycles. The van der Waals surface area contributed by atoms with Gasteiger partial charge in [0.1, 0.15) is 11.9 Å². The Labute approximate surface area is 102 Å². The van der Waals surface area contributed by atoms with Gasteiger partial charge in [0.15, 0.2) is 0 Å². The molecule has 0 radical (unpaired) electrons. The maximum absolute atomic E-state index is 13.6. The number of anilines is 1. The van der Waals surface area contributed by atoms with Crippen molar-refractivity contribution in [2.45, 2.75) is 18.9 Å². The van der Waals surface area contributed by atoms with Gasteiger partial charge in [-0.2, -0.15) is 0 Å². The summed E-state index contributed by atoms with van der Waals surface area (Å²) in [6, 6.07) is 2.70. The van der Waals surface area contributed by atoms with E-state index < -0.39 is 23.7 Å². The molecule has 1 aliphatic rings. The van der Waals surface area contributed by atoms with Crippen LogP contribution in [0.3, 0.4) is 0 Å². The van der Waals surface area contributed by atoms with Gasteiger partial charge >= 0.3 is 5.97 Å². The number of carboxylic acids is 1. The highest BCUT2D eigenvalue weighted by atomic mass is 35.5. The number of nitrogens with zero attached hydrogens (tertiary/aromatic N) is 1. The van der Waals surface area contributed by atoms with Crippen LogP contribution in [0.25, 0.3) is 0 Å². The highest BCUT2D eigenvalue weighted by Crippen LogP contribution is 2.31. The number of halogens is 2. The Kier molecular flexibility index (Phi) is 3.02. The van der Waals surface area contributed by atoms with Crippen molar-refractivity contribution >= 4 is 29.2 Å². The van der Waals surface area contributed by atoms with Crippen molar-refractivity contribution in [3.05, 3.63) is 29.0 Å². The van der Waals surface area contributed by atoms with E-state index in [4.69, 9.17) is 16.7 Å². The van der Waals surface area contributed by atoms with Gasteiger partial charge in [0.2, 0.25) is 5.91 Å². The third-order valence-corrected chi connectivity index (χ3v) is 2.90. The van der Waals surface area contributed by atoms with Crippen molar-refractivity contribution in [1.82, 2.24) is 0 Å². The Hall–Kier alpha value is -1.62. The Balaban J connectivity index is 2.46. The highest BCUT2D eigenvalue weighted by Gasteiger charge is 2.38. The van der Waals surface area contributed by atoms with E-state index in [9.17, 15) is 14.0 Å². The number of carbonyl (C=O) groups is 2.